The average Bonchev–Trinajstić information content (AvgIpc) is 2.67. The molecule has 8 heteroatoms. The summed E-state index contributed by atoms with van der Waals surface area (Å²) in [4.78, 5) is 13.6. The Bertz CT molecular complexity index is 1010. The van der Waals surface area contributed by atoms with Crippen LogP contribution < -0.4 is 15.0 Å². The molecule has 7 nitrogen and oxygen atoms in total. The number of piperazine rings is 1. The largest absolute Gasteiger partial charge is 0.495 e. The fourth-order valence-electron chi connectivity index (χ4n) is 3.63. The summed E-state index contributed by atoms with van der Waals surface area (Å²) in [6, 6.07) is 12.9. The van der Waals surface area contributed by atoms with E-state index in [9.17, 15) is 13.2 Å². The average molecular weight is 418 g/mol. The maximum atomic E-state index is 13.4. The third-order valence-electron chi connectivity index (χ3n) is 5.03. The van der Waals surface area contributed by atoms with Crippen molar-refractivity contribution in [2.45, 2.75) is 31.7 Å². The minimum Gasteiger partial charge on any atom is -0.495 e. The molecular formula is C21H27N3O4S. The van der Waals surface area contributed by atoms with Gasteiger partial charge in [-0.25, -0.2) is 8.42 Å². The highest BCUT2D eigenvalue weighted by molar-refractivity contribution is 7.89. The standard InChI is InChI=1S/C21H27N3O4S/c1-15-6-5-7-19(12-15)24-11-10-23(14-16(24)2)29(26,27)21-13-18(22-17(3)25)8-9-20(21)28-4/h5-9,12-13,16H,10-11,14H2,1-4H3,(H,22,25)/t16-/m0/s1. The highest BCUT2D eigenvalue weighted by Gasteiger charge is 2.34. The number of amides is 1. The normalized spacial score (nSPS) is 17.8. The molecule has 0 bridgehead atoms. The zero-order chi connectivity index (χ0) is 21.2. The van der Waals surface area contributed by atoms with Gasteiger partial charge < -0.3 is 15.0 Å². The first kappa shape index (κ1) is 21.1. The summed E-state index contributed by atoms with van der Waals surface area (Å²) >= 11 is 0. The van der Waals surface area contributed by atoms with Crippen LogP contribution in [0.1, 0.15) is 19.4 Å². The number of anilines is 2. The number of hydrogen-bond acceptors (Lipinski definition) is 5. The SMILES string of the molecule is COc1ccc(NC(C)=O)cc1S(=O)(=O)N1CCN(c2cccc(C)c2)[C@@H](C)C1. The predicted octanol–water partition coefficient (Wildman–Crippen LogP) is 2.86. The molecule has 156 valence electrons. The Morgan fingerprint density at radius 1 is 1.17 bits per heavy atom. The third-order valence-corrected chi connectivity index (χ3v) is 6.91. The summed E-state index contributed by atoms with van der Waals surface area (Å²) in [5, 5.41) is 2.63. The molecule has 0 radical (unpaired) electrons. The van der Waals surface area contributed by atoms with Gasteiger partial charge in [-0.1, -0.05) is 12.1 Å². The van der Waals surface area contributed by atoms with Crippen molar-refractivity contribution in [2.75, 3.05) is 37.0 Å². The molecule has 1 aliphatic heterocycles. The molecule has 1 heterocycles. The molecule has 2 aromatic carbocycles. The lowest BCUT2D eigenvalue weighted by Crippen LogP contribution is -2.53. The van der Waals surface area contributed by atoms with Crippen molar-refractivity contribution in [1.82, 2.24) is 4.31 Å². The summed E-state index contributed by atoms with van der Waals surface area (Å²) < 4.78 is 33.5. The van der Waals surface area contributed by atoms with Gasteiger partial charge in [0.05, 0.1) is 7.11 Å². The van der Waals surface area contributed by atoms with Crippen LogP contribution in [0.2, 0.25) is 0 Å². The Hall–Kier alpha value is -2.58. The monoisotopic (exact) mass is 417 g/mol. The lowest BCUT2D eigenvalue weighted by atomic mass is 10.1. The molecule has 0 spiro atoms. The lowest BCUT2D eigenvalue weighted by molar-refractivity contribution is -0.114. The minimum absolute atomic E-state index is 0.0184. The van der Waals surface area contributed by atoms with Gasteiger partial charge in [-0.15, -0.1) is 0 Å². The van der Waals surface area contributed by atoms with Crippen molar-refractivity contribution in [3.8, 4) is 5.75 Å². The van der Waals surface area contributed by atoms with Crippen molar-refractivity contribution in [2.24, 2.45) is 0 Å². The van der Waals surface area contributed by atoms with E-state index in [0.29, 0.717) is 25.3 Å². The molecule has 1 aliphatic rings. The molecule has 29 heavy (non-hydrogen) atoms. The first-order valence-electron chi connectivity index (χ1n) is 9.51. The number of carbonyl (C=O) groups excluding carboxylic acids is 1. The number of nitrogens with zero attached hydrogens (tertiary/aromatic N) is 2. The highest BCUT2D eigenvalue weighted by atomic mass is 32.2. The van der Waals surface area contributed by atoms with Crippen molar-refractivity contribution < 1.29 is 17.9 Å². The number of rotatable bonds is 5. The van der Waals surface area contributed by atoms with E-state index in [1.165, 1.54) is 30.0 Å². The van der Waals surface area contributed by atoms with E-state index in [1.54, 1.807) is 12.1 Å². The van der Waals surface area contributed by atoms with E-state index in [-0.39, 0.29) is 22.6 Å². The second-order valence-electron chi connectivity index (χ2n) is 7.29. The van der Waals surface area contributed by atoms with Crippen LogP contribution >= 0.6 is 0 Å². The zero-order valence-electron chi connectivity index (χ0n) is 17.2. The summed E-state index contributed by atoms with van der Waals surface area (Å²) in [7, 11) is -2.34. The molecule has 1 saturated heterocycles. The van der Waals surface area contributed by atoms with Crippen molar-refractivity contribution in [3.05, 3.63) is 48.0 Å². The number of ether oxygens (including phenoxy) is 1. The van der Waals surface area contributed by atoms with E-state index in [1.807, 2.05) is 32.0 Å². The molecule has 0 aliphatic carbocycles. The summed E-state index contributed by atoms with van der Waals surface area (Å²) in [5.74, 6) is -0.00762. The van der Waals surface area contributed by atoms with Crippen LogP contribution in [-0.2, 0) is 14.8 Å². The number of carbonyl (C=O) groups is 1. The predicted molar refractivity (Wildman–Crippen MR) is 114 cm³/mol. The lowest BCUT2D eigenvalue weighted by Gasteiger charge is -2.40. The van der Waals surface area contributed by atoms with Crippen LogP contribution in [0.4, 0.5) is 11.4 Å². The van der Waals surface area contributed by atoms with Gasteiger partial charge in [-0.2, -0.15) is 4.31 Å². The molecule has 0 saturated carbocycles. The topological polar surface area (TPSA) is 78.9 Å². The first-order valence-corrected chi connectivity index (χ1v) is 11.0. The Morgan fingerprint density at radius 2 is 1.93 bits per heavy atom. The Kier molecular flexibility index (Phi) is 6.14. The maximum absolute atomic E-state index is 13.4. The Balaban J connectivity index is 1.86. The van der Waals surface area contributed by atoms with Crippen molar-refractivity contribution in [1.29, 1.82) is 0 Å². The molecule has 3 rings (SSSR count). The molecule has 1 amide bonds. The summed E-state index contributed by atoms with van der Waals surface area (Å²) in [6.45, 7) is 6.78. The van der Waals surface area contributed by atoms with Gasteiger partial charge in [0.2, 0.25) is 15.9 Å². The van der Waals surface area contributed by atoms with Gasteiger partial charge in [0, 0.05) is 44.0 Å². The second-order valence-corrected chi connectivity index (χ2v) is 9.20. The van der Waals surface area contributed by atoms with Crippen LogP contribution in [0.25, 0.3) is 0 Å². The quantitative estimate of drug-likeness (QED) is 0.809. The van der Waals surface area contributed by atoms with Gasteiger partial charge in [-0.3, -0.25) is 4.79 Å². The zero-order valence-corrected chi connectivity index (χ0v) is 18.0. The fourth-order valence-corrected chi connectivity index (χ4v) is 5.32. The van der Waals surface area contributed by atoms with Crippen LogP contribution in [0.5, 0.6) is 5.75 Å². The highest BCUT2D eigenvalue weighted by Crippen LogP contribution is 2.32. The van der Waals surface area contributed by atoms with Gasteiger partial charge >= 0.3 is 0 Å². The first-order chi connectivity index (χ1) is 13.7. The smallest absolute Gasteiger partial charge is 0.246 e. The molecule has 0 aromatic heterocycles. The van der Waals surface area contributed by atoms with Crippen molar-refractivity contribution in [3.63, 3.8) is 0 Å². The molecule has 1 N–H and O–H groups in total. The van der Waals surface area contributed by atoms with Crippen LogP contribution in [0, 0.1) is 6.92 Å². The number of aryl methyl sites for hydroxylation is 1. The molecule has 1 atom stereocenters. The molecule has 0 unspecified atom stereocenters. The van der Waals surface area contributed by atoms with Gasteiger partial charge in [-0.05, 0) is 49.7 Å². The van der Waals surface area contributed by atoms with Gasteiger partial charge in [0.25, 0.3) is 0 Å². The van der Waals surface area contributed by atoms with Gasteiger partial charge in [0.1, 0.15) is 10.6 Å². The van der Waals surface area contributed by atoms with E-state index in [4.69, 9.17) is 4.74 Å². The number of benzene rings is 2. The van der Waals surface area contributed by atoms with Crippen LogP contribution in [0.15, 0.2) is 47.4 Å². The summed E-state index contributed by atoms with van der Waals surface area (Å²) in [6.07, 6.45) is 0. The molecule has 2 aromatic rings. The van der Waals surface area contributed by atoms with Crippen molar-refractivity contribution >= 4 is 27.3 Å². The maximum Gasteiger partial charge on any atom is 0.246 e. The number of sulfonamides is 1. The number of nitrogens with one attached hydrogen (secondary N) is 1. The van der Waals surface area contributed by atoms with E-state index >= 15 is 0 Å². The Labute approximate surface area is 172 Å². The summed E-state index contributed by atoms with van der Waals surface area (Å²) in [5.41, 5.74) is 2.69. The van der Waals surface area contributed by atoms with Crippen LogP contribution in [0.3, 0.4) is 0 Å². The molecule has 1 fully saturated rings. The minimum atomic E-state index is -3.78. The third kappa shape index (κ3) is 4.54. The van der Waals surface area contributed by atoms with Gasteiger partial charge in [0.15, 0.2) is 0 Å². The fraction of sp³-hybridized carbons (Fsp3) is 0.381. The molecular weight excluding hydrogens is 390 g/mol. The second kappa shape index (κ2) is 8.42. The Morgan fingerprint density at radius 3 is 2.55 bits per heavy atom. The number of hydrogen-bond donors (Lipinski definition) is 1. The number of methoxy groups -OCH3 is 1. The van der Waals surface area contributed by atoms with E-state index in [0.717, 1.165) is 5.69 Å². The van der Waals surface area contributed by atoms with E-state index in [2.05, 4.69) is 16.3 Å². The van der Waals surface area contributed by atoms with Crippen LogP contribution in [-0.4, -0.2) is 51.4 Å². The van der Waals surface area contributed by atoms with E-state index < -0.39 is 10.0 Å².